The number of nitrogens with zero attached hydrogens (tertiary/aromatic N) is 2. The Bertz CT molecular complexity index is 673. The van der Waals surface area contributed by atoms with Gasteiger partial charge in [-0.15, -0.1) is 0 Å². The monoisotopic (exact) mass is 276 g/mol. The van der Waals surface area contributed by atoms with E-state index in [-0.39, 0.29) is 16.5 Å². The van der Waals surface area contributed by atoms with Crippen LogP contribution in [0.3, 0.4) is 0 Å². The molecular weight excluding hydrogens is 268 g/mol. The summed E-state index contributed by atoms with van der Waals surface area (Å²) in [5.41, 5.74) is 1.82. The van der Waals surface area contributed by atoms with Crippen molar-refractivity contribution in [3.8, 4) is 17.0 Å². The number of pyridine rings is 1. The third kappa shape index (κ3) is 2.02. The Hall–Kier alpha value is -2.14. The Labute approximate surface area is 114 Å². The molecule has 0 atom stereocenters. The summed E-state index contributed by atoms with van der Waals surface area (Å²) in [7, 11) is 0. The highest BCUT2D eigenvalue weighted by molar-refractivity contribution is 6.29. The van der Waals surface area contributed by atoms with E-state index in [0.717, 1.165) is 12.0 Å². The van der Waals surface area contributed by atoms with Crippen LogP contribution >= 0.6 is 11.6 Å². The number of halogens is 1. The molecule has 3 rings (SSSR count). The lowest BCUT2D eigenvalue weighted by Crippen LogP contribution is -1.96. The van der Waals surface area contributed by atoms with Crippen LogP contribution in [-0.2, 0) is 6.42 Å². The van der Waals surface area contributed by atoms with Crippen LogP contribution in [-0.4, -0.2) is 16.5 Å². The van der Waals surface area contributed by atoms with E-state index in [0.29, 0.717) is 17.9 Å². The number of hydrogen-bond acceptors (Lipinski definition) is 4. The molecule has 0 aliphatic carbocycles. The highest BCUT2D eigenvalue weighted by Gasteiger charge is 2.24. The fourth-order valence-corrected chi connectivity index (χ4v) is 2.32. The van der Waals surface area contributed by atoms with Crippen LogP contribution in [0.1, 0.15) is 5.56 Å². The van der Waals surface area contributed by atoms with Crippen molar-refractivity contribution >= 4 is 17.3 Å². The molecule has 2 heterocycles. The van der Waals surface area contributed by atoms with E-state index in [1.807, 2.05) is 12.1 Å². The van der Waals surface area contributed by atoms with Crippen molar-refractivity contribution in [1.82, 2.24) is 4.98 Å². The Kier molecular flexibility index (Phi) is 2.83. The lowest BCUT2D eigenvalue weighted by molar-refractivity contribution is -0.384. The first-order valence-corrected chi connectivity index (χ1v) is 6.10. The molecule has 1 aliphatic rings. The summed E-state index contributed by atoms with van der Waals surface area (Å²) in [6.45, 7) is 0.584. The fraction of sp³-hybridized carbons (Fsp3) is 0.154. The first-order valence-electron chi connectivity index (χ1n) is 5.73. The van der Waals surface area contributed by atoms with Gasteiger partial charge < -0.3 is 4.74 Å². The molecule has 0 bridgehead atoms. The van der Waals surface area contributed by atoms with Gasteiger partial charge in [0.25, 0.3) is 5.69 Å². The van der Waals surface area contributed by atoms with Crippen molar-refractivity contribution in [1.29, 1.82) is 0 Å². The Morgan fingerprint density at radius 3 is 2.95 bits per heavy atom. The minimum absolute atomic E-state index is 0.0756. The highest BCUT2D eigenvalue weighted by Crippen LogP contribution is 2.39. The van der Waals surface area contributed by atoms with E-state index in [1.165, 1.54) is 12.1 Å². The normalized spacial score (nSPS) is 12.9. The predicted octanol–water partition coefficient (Wildman–Crippen LogP) is 3.25. The third-order valence-corrected chi connectivity index (χ3v) is 3.22. The van der Waals surface area contributed by atoms with Crippen LogP contribution in [0.2, 0.25) is 5.15 Å². The molecule has 0 radical (unpaired) electrons. The van der Waals surface area contributed by atoms with Gasteiger partial charge in [0, 0.05) is 18.1 Å². The lowest BCUT2D eigenvalue weighted by Gasteiger charge is -2.08. The molecule has 0 amide bonds. The molecule has 5 nitrogen and oxygen atoms in total. The van der Waals surface area contributed by atoms with E-state index in [2.05, 4.69) is 4.98 Å². The molecule has 1 aromatic carbocycles. The first-order chi connectivity index (χ1) is 9.16. The molecule has 0 unspecified atom stereocenters. The SMILES string of the molecule is O=[N+]([O-])c1ccc(Cl)nc1-c1cccc2c1OCC2. The topological polar surface area (TPSA) is 65.3 Å². The number of aromatic nitrogens is 1. The fourth-order valence-electron chi connectivity index (χ4n) is 2.18. The Morgan fingerprint density at radius 2 is 2.16 bits per heavy atom. The summed E-state index contributed by atoms with van der Waals surface area (Å²) < 4.78 is 5.55. The standard InChI is InChI=1S/C13H9ClN2O3/c14-11-5-4-10(16(17)18)12(15-11)9-3-1-2-8-6-7-19-13(8)9/h1-5H,6-7H2. The largest absolute Gasteiger partial charge is 0.492 e. The number of nitro groups is 1. The molecule has 0 saturated carbocycles. The van der Waals surface area contributed by atoms with Crippen molar-refractivity contribution in [2.45, 2.75) is 6.42 Å². The zero-order valence-electron chi connectivity index (χ0n) is 9.80. The van der Waals surface area contributed by atoms with Gasteiger partial charge in [-0.2, -0.15) is 0 Å². The molecule has 2 aromatic rings. The zero-order chi connectivity index (χ0) is 13.4. The van der Waals surface area contributed by atoms with Crippen LogP contribution in [0.4, 0.5) is 5.69 Å². The van der Waals surface area contributed by atoms with Gasteiger partial charge in [-0.3, -0.25) is 10.1 Å². The number of para-hydroxylation sites is 1. The molecule has 0 spiro atoms. The van der Waals surface area contributed by atoms with Crippen molar-refractivity contribution in [3.05, 3.63) is 51.2 Å². The molecule has 1 aromatic heterocycles. The van der Waals surface area contributed by atoms with E-state index in [1.54, 1.807) is 6.07 Å². The molecule has 0 N–H and O–H groups in total. The predicted molar refractivity (Wildman–Crippen MR) is 70.5 cm³/mol. The number of ether oxygens (including phenoxy) is 1. The number of hydrogen-bond donors (Lipinski definition) is 0. The van der Waals surface area contributed by atoms with E-state index in [4.69, 9.17) is 16.3 Å². The summed E-state index contributed by atoms with van der Waals surface area (Å²) >= 11 is 5.85. The maximum Gasteiger partial charge on any atom is 0.295 e. The minimum atomic E-state index is -0.465. The van der Waals surface area contributed by atoms with Gasteiger partial charge in [-0.05, 0) is 17.7 Å². The molecule has 19 heavy (non-hydrogen) atoms. The van der Waals surface area contributed by atoms with E-state index in [9.17, 15) is 10.1 Å². The summed E-state index contributed by atoms with van der Waals surface area (Å²) in [5.74, 6) is 0.667. The summed E-state index contributed by atoms with van der Waals surface area (Å²) in [4.78, 5) is 14.7. The maximum absolute atomic E-state index is 11.1. The quantitative estimate of drug-likeness (QED) is 0.480. The van der Waals surface area contributed by atoms with E-state index < -0.39 is 4.92 Å². The van der Waals surface area contributed by atoms with Crippen LogP contribution in [0.15, 0.2) is 30.3 Å². The summed E-state index contributed by atoms with van der Waals surface area (Å²) in [5, 5.41) is 11.3. The van der Waals surface area contributed by atoms with Crippen molar-refractivity contribution in [2.24, 2.45) is 0 Å². The molecular formula is C13H9ClN2O3. The second kappa shape index (κ2) is 4.51. The second-order valence-electron chi connectivity index (χ2n) is 4.15. The minimum Gasteiger partial charge on any atom is -0.492 e. The highest BCUT2D eigenvalue weighted by atomic mass is 35.5. The van der Waals surface area contributed by atoms with Gasteiger partial charge in [0.1, 0.15) is 10.9 Å². The maximum atomic E-state index is 11.1. The zero-order valence-corrected chi connectivity index (χ0v) is 10.6. The number of fused-ring (bicyclic) bond motifs is 1. The van der Waals surface area contributed by atoms with Crippen molar-refractivity contribution < 1.29 is 9.66 Å². The molecule has 1 aliphatic heterocycles. The Morgan fingerprint density at radius 1 is 1.32 bits per heavy atom. The number of benzene rings is 1. The molecule has 0 saturated heterocycles. The smallest absolute Gasteiger partial charge is 0.295 e. The van der Waals surface area contributed by atoms with Crippen molar-refractivity contribution in [3.63, 3.8) is 0 Å². The third-order valence-electron chi connectivity index (χ3n) is 3.01. The summed E-state index contributed by atoms with van der Waals surface area (Å²) in [6.07, 6.45) is 0.803. The molecule has 0 fully saturated rings. The Balaban J connectivity index is 2.25. The van der Waals surface area contributed by atoms with Crippen LogP contribution in [0.25, 0.3) is 11.3 Å². The van der Waals surface area contributed by atoms with Crippen LogP contribution in [0, 0.1) is 10.1 Å². The van der Waals surface area contributed by atoms with Gasteiger partial charge in [0.15, 0.2) is 5.69 Å². The lowest BCUT2D eigenvalue weighted by atomic mass is 10.0. The number of rotatable bonds is 2. The summed E-state index contributed by atoms with van der Waals surface area (Å²) in [6, 6.07) is 8.32. The van der Waals surface area contributed by atoms with E-state index >= 15 is 0 Å². The second-order valence-corrected chi connectivity index (χ2v) is 4.54. The van der Waals surface area contributed by atoms with Crippen LogP contribution < -0.4 is 4.74 Å². The van der Waals surface area contributed by atoms with Crippen LogP contribution in [0.5, 0.6) is 5.75 Å². The van der Waals surface area contributed by atoms with Gasteiger partial charge in [0.05, 0.1) is 11.5 Å². The first kappa shape index (κ1) is 11.9. The average Bonchev–Trinajstić information content (AvgIpc) is 2.86. The van der Waals surface area contributed by atoms with Gasteiger partial charge in [-0.25, -0.2) is 4.98 Å². The van der Waals surface area contributed by atoms with Gasteiger partial charge >= 0.3 is 0 Å². The average molecular weight is 277 g/mol. The van der Waals surface area contributed by atoms with Gasteiger partial charge in [0.2, 0.25) is 0 Å². The molecule has 6 heteroatoms. The van der Waals surface area contributed by atoms with Gasteiger partial charge in [-0.1, -0.05) is 23.7 Å². The molecule has 96 valence electrons. The van der Waals surface area contributed by atoms with Crippen molar-refractivity contribution in [2.75, 3.05) is 6.61 Å².